The highest BCUT2D eigenvalue weighted by Gasteiger charge is 2.38. The van der Waals surface area contributed by atoms with Crippen molar-refractivity contribution in [3.63, 3.8) is 0 Å². The number of benzene rings is 1. The summed E-state index contributed by atoms with van der Waals surface area (Å²) in [6, 6.07) is 7.30. The van der Waals surface area contributed by atoms with Crippen LogP contribution < -0.4 is 10.1 Å². The van der Waals surface area contributed by atoms with Crippen molar-refractivity contribution in [3.8, 4) is 11.4 Å². The molecule has 1 aromatic heterocycles. The lowest BCUT2D eigenvalue weighted by Crippen LogP contribution is -2.62. The Morgan fingerprint density at radius 2 is 2.00 bits per heavy atom. The van der Waals surface area contributed by atoms with Crippen LogP contribution in [0, 0.1) is 0 Å². The smallest absolute Gasteiger partial charge is 0.320 e. The fourth-order valence-electron chi connectivity index (χ4n) is 4.58. The summed E-state index contributed by atoms with van der Waals surface area (Å²) in [5, 5.41) is 7.78. The summed E-state index contributed by atoms with van der Waals surface area (Å²) in [6.45, 7) is 2.52. The van der Waals surface area contributed by atoms with Crippen LogP contribution in [0.3, 0.4) is 0 Å². The summed E-state index contributed by atoms with van der Waals surface area (Å²) in [5.74, 6) is 0.621. The lowest BCUT2D eigenvalue weighted by Gasteiger charge is -2.43. The van der Waals surface area contributed by atoms with Crippen molar-refractivity contribution in [1.29, 1.82) is 0 Å². The average molecular weight is 460 g/mol. The Morgan fingerprint density at radius 1 is 1.19 bits per heavy atom. The van der Waals surface area contributed by atoms with E-state index in [-0.39, 0.29) is 36.8 Å². The fourth-order valence-corrected chi connectivity index (χ4v) is 4.79. The highest BCUT2D eigenvalue weighted by Crippen LogP contribution is 2.28. The average Bonchev–Trinajstić information content (AvgIpc) is 3.34. The van der Waals surface area contributed by atoms with Crippen molar-refractivity contribution < 1.29 is 19.1 Å². The van der Waals surface area contributed by atoms with E-state index in [1.807, 2.05) is 40.3 Å². The Morgan fingerprint density at radius 3 is 2.78 bits per heavy atom. The van der Waals surface area contributed by atoms with E-state index in [2.05, 4.69) is 10.4 Å². The molecule has 5 rings (SSSR count). The summed E-state index contributed by atoms with van der Waals surface area (Å²) in [7, 11) is 0. The zero-order chi connectivity index (χ0) is 22.1. The fraction of sp³-hybridized carbons (Fsp3) is 0.500. The third kappa shape index (κ3) is 4.40. The molecule has 1 N–H and O–H groups in total. The van der Waals surface area contributed by atoms with Gasteiger partial charge in [0, 0.05) is 57.5 Å². The maximum atomic E-state index is 13.0. The summed E-state index contributed by atoms with van der Waals surface area (Å²) >= 11 is 6.31. The molecule has 10 heteroatoms. The first-order valence-corrected chi connectivity index (χ1v) is 11.4. The Kier molecular flexibility index (Phi) is 5.93. The van der Waals surface area contributed by atoms with E-state index in [9.17, 15) is 9.59 Å². The van der Waals surface area contributed by atoms with Crippen molar-refractivity contribution >= 4 is 23.5 Å². The lowest BCUT2D eigenvalue weighted by molar-refractivity contribution is -0.139. The Bertz CT molecular complexity index is 977. The number of nitrogens with zero attached hydrogens (tertiary/aromatic N) is 4. The van der Waals surface area contributed by atoms with Crippen LogP contribution in [0.25, 0.3) is 5.69 Å². The van der Waals surface area contributed by atoms with Gasteiger partial charge in [0.25, 0.3) is 0 Å². The molecule has 0 spiro atoms. The zero-order valence-corrected chi connectivity index (χ0v) is 18.4. The van der Waals surface area contributed by atoms with Gasteiger partial charge in [-0.25, -0.2) is 9.48 Å². The maximum absolute atomic E-state index is 13.0. The molecule has 32 heavy (non-hydrogen) atoms. The minimum atomic E-state index is -0.122. The van der Waals surface area contributed by atoms with E-state index in [1.54, 1.807) is 10.9 Å². The molecule has 1 aromatic carbocycles. The summed E-state index contributed by atoms with van der Waals surface area (Å²) < 4.78 is 13.5. The van der Waals surface area contributed by atoms with Crippen LogP contribution in [0.2, 0.25) is 5.02 Å². The number of ether oxygens (including phenoxy) is 2. The second-order valence-electron chi connectivity index (χ2n) is 8.41. The normalized spacial score (nSPS) is 24.1. The molecule has 3 aliphatic rings. The van der Waals surface area contributed by atoms with E-state index in [0.717, 1.165) is 30.7 Å². The van der Waals surface area contributed by atoms with Gasteiger partial charge in [0.1, 0.15) is 18.5 Å². The number of morpholine rings is 1. The quantitative estimate of drug-likeness (QED) is 0.759. The van der Waals surface area contributed by atoms with Crippen LogP contribution in [0.15, 0.2) is 36.7 Å². The van der Waals surface area contributed by atoms with E-state index in [0.29, 0.717) is 31.2 Å². The van der Waals surface area contributed by atoms with Gasteiger partial charge >= 0.3 is 6.03 Å². The number of likely N-dealkylation sites (tertiary alicyclic amines) is 2. The predicted octanol–water partition coefficient (Wildman–Crippen LogP) is 2.08. The molecule has 9 nitrogen and oxygen atoms in total. The van der Waals surface area contributed by atoms with E-state index in [1.165, 1.54) is 0 Å². The van der Waals surface area contributed by atoms with Gasteiger partial charge in [-0.3, -0.25) is 4.79 Å². The van der Waals surface area contributed by atoms with Gasteiger partial charge in [0.05, 0.1) is 22.9 Å². The number of halogens is 1. The largest absolute Gasteiger partial charge is 0.490 e. The Balaban J connectivity index is 1.15. The highest BCUT2D eigenvalue weighted by molar-refractivity contribution is 6.32. The number of hydrogen-bond donors (Lipinski definition) is 1. The van der Waals surface area contributed by atoms with Gasteiger partial charge in [-0.2, -0.15) is 5.10 Å². The second kappa shape index (κ2) is 8.99. The van der Waals surface area contributed by atoms with Gasteiger partial charge in [-0.15, -0.1) is 0 Å². The maximum Gasteiger partial charge on any atom is 0.320 e. The molecular formula is C22H26ClN5O4. The first kappa shape index (κ1) is 21.1. The summed E-state index contributed by atoms with van der Waals surface area (Å²) in [6.07, 6.45) is 5.82. The monoisotopic (exact) mass is 459 g/mol. The molecule has 0 radical (unpaired) electrons. The van der Waals surface area contributed by atoms with Crippen LogP contribution in [0.4, 0.5) is 4.79 Å². The molecule has 3 fully saturated rings. The third-order valence-corrected chi connectivity index (χ3v) is 6.60. The number of hydrogen-bond acceptors (Lipinski definition) is 5. The molecule has 2 aromatic rings. The standard InChI is InChI=1S/C22H26ClN5O4/c23-17-3-2-16(12-19(17)28-8-1-7-24-28)32-15-4-9-26(10-5-15)22(30)27-11-6-20-18(13-27)25-21(29)14-31-20/h1-3,7-8,12,15,18,20H,4-6,9-11,13-14H2,(H,25,29)/t18-,20+/m1/s1. The highest BCUT2D eigenvalue weighted by atomic mass is 35.5. The molecule has 2 atom stereocenters. The predicted molar refractivity (Wildman–Crippen MR) is 117 cm³/mol. The van der Waals surface area contributed by atoms with Crippen LogP contribution in [0.1, 0.15) is 19.3 Å². The number of carbonyl (C=O) groups excluding carboxylic acids is 2. The van der Waals surface area contributed by atoms with Crippen molar-refractivity contribution in [2.24, 2.45) is 0 Å². The van der Waals surface area contributed by atoms with Crippen molar-refractivity contribution in [2.75, 3.05) is 32.8 Å². The zero-order valence-electron chi connectivity index (χ0n) is 17.7. The number of nitrogens with one attached hydrogen (secondary N) is 1. The molecule has 4 heterocycles. The second-order valence-corrected chi connectivity index (χ2v) is 8.82. The van der Waals surface area contributed by atoms with Gasteiger partial charge in [0.15, 0.2) is 0 Å². The SMILES string of the molecule is O=C1CO[C@H]2CCN(C(=O)N3CCC(Oc4ccc(Cl)c(-n5cccn5)c4)CC3)C[C@H]2N1. The van der Waals surface area contributed by atoms with Crippen LogP contribution in [-0.2, 0) is 9.53 Å². The lowest BCUT2D eigenvalue weighted by atomic mass is 10.0. The number of fused-ring (bicyclic) bond motifs is 1. The number of aromatic nitrogens is 2. The number of amides is 3. The van der Waals surface area contributed by atoms with E-state index < -0.39 is 0 Å². The van der Waals surface area contributed by atoms with E-state index >= 15 is 0 Å². The molecule has 170 valence electrons. The first-order valence-electron chi connectivity index (χ1n) is 11.0. The van der Waals surface area contributed by atoms with Crippen molar-refractivity contribution in [2.45, 2.75) is 37.5 Å². The number of carbonyl (C=O) groups is 2. The van der Waals surface area contributed by atoms with Crippen molar-refractivity contribution in [1.82, 2.24) is 24.9 Å². The molecule has 0 unspecified atom stereocenters. The molecule has 3 amide bonds. The van der Waals surface area contributed by atoms with Crippen LogP contribution >= 0.6 is 11.6 Å². The molecule has 0 bridgehead atoms. The topological polar surface area (TPSA) is 88.9 Å². The van der Waals surface area contributed by atoms with Gasteiger partial charge < -0.3 is 24.6 Å². The molecule has 0 saturated carbocycles. The number of rotatable bonds is 3. The number of urea groups is 1. The third-order valence-electron chi connectivity index (χ3n) is 6.28. The molecular weight excluding hydrogens is 434 g/mol. The van der Waals surface area contributed by atoms with Gasteiger partial charge in [-0.1, -0.05) is 11.6 Å². The van der Waals surface area contributed by atoms with Gasteiger partial charge in [0.2, 0.25) is 5.91 Å². The van der Waals surface area contributed by atoms with Crippen LogP contribution in [0.5, 0.6) is 5.75 Å². The number of piperidine rings is 2. The molecule has 3 saturated heterocycles. The minimum absolute atomic E-state index is 0.00175. The minimum Gasteiger partial charge on any atom is -0.490 e. The molecule has 0 aliphatic carbocycles. The van der Waals surface area contributed by atoms with Crippen molar-refractivity contribution in [3.05, 3.63) is 41.7 Å². The summed E-state index contributed by atoms with van der Waals surface area (Å²) in [4.78, 5) is 28.3. The van der Waals surface area contributed by atoms with Crippen LogP contribution in [-0.4, -0.2) is 82.6 Å². The first-order chi connectivity index (χ1) is 15.6. The Labute approximate surface area is 191 Å². The van der Waals surface area contributed by atoms with E-state index in [4.69, 9.17) is 21.1 Å². The molecule has 3 aliphatic heterocycles. The van der Waals surface area contributed by atoms with Gasteiger partial charge in [-0.05, 0) is 24.6 Å². The summed E-state index contributed by atoms with van der Waals surface area (Å²) in [5.41, 5.74) is 0.768. The Hall–Kier alpha value is -2.78.